The first-order chi connectivity index (χ1) is 15.3. The van der Waals surface area contributed by atoms with Crippen molar-refractivity contribution >= 4 is 38.6 Å². The lowest BCUT2D eigenvalue weighted by Gasteiger charge is -2.20. The van der Waals surface area contributed by atoms with Gasteiger partial charge >= 0.3 is 0 Å². The Bertz CT molecular complexity index is 1120. The van der Waals surface area contributed by atoms with Crippen molar-refractivity contribution in [2.45, 2.75) is 62.1 Å². The molecule has 0 bridgehead atoms. The maximum absolute atomic E-state index is 13.1. The van der Waals surface area contributed by atoms with E-state index in [0.717, 1.165) is 21.7 Å². The minimum Gasteiger partial charge on any atom is -0.352 e. The van der Waals surface area contributed by atoms with Gasteiger partial charge in [0.05, 0.1) is 10.4 Å². The highest BCUT2D eigenvalue weighted by Crippen LogP contribution is 2.28. The molecule has 1 aromatic carbocycles. The molecule has 1 N–H and O–H groups in total. The van der Waals surface area contributed by atoms with Crippen molar-refractivity contribution in [1.82, 2.24) is 14.2 Å². The van der Waals surface area contributed by atoms with Crippen LogP contribution in [-0.2, 0) is 16.6 Å². The van der Waals surface area contributed by atoms with Gasteiger partial charge in [-0.05, 0) is 50.1 Å². The number of rotatable bonds is 9. The van der Waals surface area contributed by atoms with E-state index in [0.29, 0.717) is 18.6 Å². The lowest BCUT2D eigenvalue weighted by Crippen LogP contribution is -2.31. The number of carbonyl (C=O) groups is 1. The first kappa shape index (κ1) is 24.8. The maximum atomic E-state index is 13.1. The molecule has 1 heterocycles. The van der Waals surface area contributed by atoms with Crippen LogP contribution in [0.15, 0.2) is 34.1 Å². The Morgan fingerprint density at radius 2 is 1.94 bits per heavy atom. The second-order valence-corrected chi connectivity index (χ2v) is 11.9. The molecule has 0 atom stereocenters. The molecule has 1 saturated carbocycles. The average molecular weight is 480 g/mol. The Morgan fingerprint density at radius 3 is 2.59 bits per heavy atom. The van der Waals surface area contributed by atoms with Gasteiger partial charge in [-0.3, -0.25) is 9.59 Å². The molecule has 0 unspecified atom stereocenters. The minimum absolute atomic E-state index is 0.0343. The number of pyridine rings is 1. The summed E-state index contributed by atoms with van der Waals surface area (Å²) >= 11 is 1.98. The smallest absolute Gasteiger partial charge is 0.256 e. The summed E-state index contributed by atoms with van der Waals surface area (Å²) in [7, 11) is -0.796. The standard InChI is InChI=1S/C23H33N3O4S2/c1-4-26-16-20(23(28)24-13-8-14-31-17-9-6-5-7-10-17)22(27)19-15-18(11-12-21(19)26)32(29,30)25(2)3/h11-12,15-17H,4-10,13-14H2,1-3H3,(H,24,28). The van der Waals surface area contributed by atoms with Crippen LogP contribution >= 0.6 is 11.8 Å². The number of fused-ring (bicyclic) bond motifs is 1. The Morgan fingerprint density at radius 1 is 1.22 bits per heavy atom. The van der Waals surface area contributed by atoms with Gasteiger partial charge in [0.1, 0.15) is 5.56 Å². The van der Waals surface area contributed by atoms with Crippen LogP contribution in [0.5, 0.6) is 0 Å². The normalized spacial score (nSPS) is 15.4. The van der Waals surface area contributed by atoms with E-state index in [1.54, 1.807) is 16.8 Å². The molecule has 176 valence electrons. The predicted molar refractivity (Wildman–Crippen MR) is 131 cm³/mol. The highest BCUT2D eigenvalue weighted by Gasteiger charge is 2.21. The van der Waals surface area contributed by atoms with Crippen molar-refractivity contribution in [1.29, 1.82) is 0 Å². The van der Waals surface area contributed by atoms with E-state index in [9.17, 15) is 18.0 Å². The summed E-state index contributed by atoms with van der Waals surface area (Å²) in [5, 5.41) is 3.84. The van der Waals surface area contributed by atoms with Gasteiger partial charge in [-0.25, -0.2) is 12.7 Å². The van der Waals surface area contributed by atoms with Crippen LogP contribution < -0.4 is 10.7 Å². The predicted octanol–water partition coefficient (Wildman–Crippen LogP) is 3.46. The fourth-order valence-corrected chi connectivity index (χ4v) is 6.26. The second-order valence-electron chi connectivity index (χ2n) is 8.36. The monoisotopic (exact) mass is 479 g/mol. The molecule has 1 aliphatic rings. The quantitative estimate of drug-likeness (QED) is 0.557. The summed E-state index contributed by atoms with van der Waals surface area (Å²) in [5.74, 6) is 0.579. The summed E-state index contributed by atoms with van der Waals surface area (Å²) < 4.78 is 27.9. The van der Waals surface area contributed by atoms with Gasteiger partial charge in [-0.15, -0.1) is 0 Å². The van der Waals surface area contributed by atoms with Crippen molar-refractivity contribution < 1.29 is 13.2 Å². The molecule has 1 aromatic heterocycles. The fraction of sp³-hybridized carbons (Fsp3) is 0.565. The van der Waals surface area contributed by atoms with E-state index in [-0.39, 0.29) is 15.8 Å². The zero-order chi connectivity index (χ0) is 23.3. The van der Waals surface area contributed by atoms with Gasteiger partial charge in [0.15, 0.2) is 0 Å². The summed E-state index contributed by atoms with van der Waals surface area (Å²) in [6.07, 6.45) is 8.98. The van der Waals surface area contributed by atoms with E-state index >= 15 is 0 Å². The molecule has 0 aliphatic heterocycles. The summed E-state index contributed by atoms with van der Waals surface area (Å²) in [6.45, 7) is 2.98. The fourth-order valence-electron chi connectivity index (χ4n) is 4.02. The van der Waals surface area contributed by atoms with Crippen LogP contribution in [0, 0.1) is 0 Å². The van der Waals surface area contributed by atoms with Crippen molar-refractivity contribution in [3.63, 3.8) is 0 Å². The number of thioether (sulfide) groups is 1. The molecule has 7 nitrogen and oxygen atoms in total. The molecule has 0 spiro atoms. The number of sulfonamides is 1. The van der Waals surface area contributed by atoms with Crippen LogP contribution in [-0.4, -0.2) is 54.8 Å². The number of nitrogens with one attached hydrogen (secondary N) is 1. The summed E-state index contributed by atoms with van der Waals surface area (Å²) in [5.41, 5.74) is 0.198. The third kappa shape index (κ3) is 5.55. The zero-order valence-electron chi connectivity index (χ0n) is 19.1. The number of carbonyl (C=O) groups excluding carboxylic acids is 1. The number of hydrogen-bond donors (Lipinski definition) is 1. The van der Waals surface area contributed by atoms with E-state index < -0.39 is 21.4 Å². The van der Waals surface area contributed by atoms with Crippen molar-refractivity contribution in [2.75, 3.05) is 26.4 Å². The van der Waals surface area contributed by atoms with E-state index in [1.807, 2.05) is 18.7 Å². The number of amides is 1. The molecule has 1 fully saturated rings. The van der Waals surface area contributed by atoms with Gasteiger partial charge < -0.3 is 9.88 Å². The topological polar surface area (TPSA) is 88.5 Å². The highest BCUT2D eigenvalue weighted by atomic mass is 32.2. The summed E-state index contributed by atoms with van der Waals surface area (Å²) in [4.78, 5) is 25.9. The number of hydrogen-bond acceptors (Lipinski definition) is 5. The third-order valence-electron chi connectivity index (χ3n) is 5.93. The van der Waals surface area contributed by atoms with Crippen molar-refractivity contribution in [3.05, 3.63) is 40.2 Å². The number of benzene rings is 1. The van der Waals surface area contributed by atoms with Gasteiger partial charge in [0, 0.05) is 44.0 Å². The molecular weight excluding hydrogens is 446 g/mol. The van der Waals surface area contributed by atoms with E-state index in [4.69, 9.17) is 0 Å². The van der Waals surface area contributed by atoms with Crippen LogP contribution in [0.2, 0.25) is 0 Å². The Balaban J connectivity index is 1.75. The van der Waals surface area contributed by atoms with Crippen LogP contribution in [0.1, 0.15) is 55.8 Å². The lowest BCUT2D eigenvalue weighted by molar-refractivity contribution is 0.0952. The summed E-state index contributed by atoms with van der Waals surface area (Å²) in [6, 6.07) is 4.49. The van der Waals surface area contributed by atoms with Gasteiger partial charge in [0.25, 0.3) is 5.91 Å². The first-order valence-electron chi connectivity index (χ1n) is 11.2. The first-order valence-corrected chi connectivity index (χ1v) is 13.7. The van der Waals surface area contributed by atoms with E-state index in [1.165, 1.54) is 58.3 Å². The van der Waals surface area contributed by atoms with Crippen molar-refractivity contribution in [2.24, 2.45) is 0 Å². The second kappa shape index (κ2) is 10.9. The Kier molecular flexibility index (Phi) is 8.41. The van der Waals surface area contributed by atoms with Crippen molar-refractivity contribution in [3.8, 4) is 0 Å². The molecule has 3 rings (SSSR count). The Hall–Kier alpha value is -1.84. The van der Waals surface area contributed by atoms with Crippen LogP contribution in [0.4, 0.5) is 0 Å². The molecule has 9 heteroatoms. The van der Waals surface area contributed by atoms with Crippen LogP contribution in [0.3, 0.4) is 0 Å². The molecule has 32 heavy (non-hydrogen) atoms. The largest absolute Gasteiger partial charge is 0.352 e. The molecule has 0 radical (unpaired) electrons. The zero-order valence-corrected chi connectivity index (χ0v) is 20.7. The maximum Gasteiger partial charge on any atom is 0.256 e. The average Bonchev–Trinajstić information content (AvgIpc) is 2.79. The molecule has 2 aromatic rings. The number of nitrogens with zero attached hydrogens (tertiary/aromatic N) is 2. The lowest BCUT2D eigenvalue weighted by atomic mass is 10.0. The molecule has 0 saturated heterocycles. The third-order valence-corrected chi connectivity index (χ3v) is 9.21. The minimum atomic E-state index is -3.69. The number of aryl methyl sites for hydroxylation is 1. The van der Waals surface area contributed by atoms with Gasteiger partial charge in [0.2, 0.25) is 15.5 Å². The van der Waals surface area contributed by atoms with Gasteiger partial charge in [-0.1, -0.05) is 19.3 Å². The Labute approximate surface area is 194 Å². The van der Waals surface area contributed by atoms with Gasteiger partial charge in [-0.2, -0.15) is 11.8 Å². The number of aromatic nitrogens is 1. The molecular formula is C23H33N3O4S2. The molecule has 1 amide bonds. The van der Waals surface area contributed by atoms with E-state index in [2.05, 4.69) is 5.32 Å². The highest BCUT2D eigenvalue weighted by molar-refractivity contribution is 7.99. The van der Waals surface area contributed by atoms with Crippen LogP contribution in [0.25, 0.3) is 10.9 Å². The molecule has 1 aliphatic carbocycles. The SMILES string of the molecule is CCn1cc(C(=O)NCCCSC2CCCCC2)c(=O)c2cc(S(=O)(=O)N(C)C)ccc21.